The molecular weight excluding hydrogens is 428 g/mol. The van der Waals surface area contributed by atoms with Crippen LogP contribution < -0.4 is 5.32 Å². The van der Waals surface area contributed by atoms with Gasteiger partial charge in [0.25, 0.3) is 5.91 Å². The lowest BCUT2D eigenvalue weighted by atomic mass is 9.92. The van der Waals surface area contributed by atoms with E-state index in [1.807, 2.05) is 42.2 Å². The second kappa shape index (κ2) is 8.65. The quantitative estimate of drug-likeness (QED) is 0.696. The van der Waals surface area contributed by atoms with Gasteiger partial charge in [0.15, 0.2) is 0 Å². The Morgan fingerprint density at radius 3 is 2.31 bits per heavy atom. The lowest BCUT2D eigenvalue weighted by molar-refractivity contribution is -0.132. The summed E-state index contributed by atoms with van der Waals surface area (Å²) in [5.41, 5.74) is 0.625. The highest BCUT2D eigenvalue weighted by Gasteiger charge is 2.49. The summed E-state index contributed by atoms with van der Waals surface area (Å²) in [4.78, 5) is 29.2. The lowest BCUT2D eigenvalue weighted by Crippen LogP contribution is -2.45. The summed E-state index contributed by atoms with van der Waals surface area (Å²) < 4.78 is 27.5. The third-order valence-corrected chi connectivity index (χ3v) is 8.09. The van der Waals surface area contributed by atoms with Crippen LogP contribution >= 0.6 is 0 Å². The molecule has 0 unspecified atom stereocenters. The molecule has 2 fully saturated rings. The third-order valence-electron chi connectivity index (χ3n) is 6.17. The summed E-state index contributed by atoms with van der Waals surface area (Å²) >= 11 is 0. The number of nitrogens with one attached hydrogen (secondary N) is 1. The van der Waals surface area contributed by atoms with Crippen LogP contribution in [0.1, 0.15) is 24.5 Å². The number of sulfonamides is 1. The standard InChI is InChI=1S/C23H28N4O4S/c1-18-9-11-20(12-10-18)32(30,31)26-14-6-13-25(15-16-26)17-27-21(28)23(2,24-22(27)29)19-7-4-3-5-8-19/h3-5,7-12H,6,13-17H2,1-2H3,(H,24,29)/t23-/m0/s1. The number of carbonyl (C=O) groups excluding carboxylic acids is 2. The number of nitrogens with zero attached hydrogens (tertiary/aromatic N) is 3. The largest absolute Gasteiger partial charge is 0.326 e. The van der Waals surface area contributed by atoms with Crippen LogP contribution in [-0.2, 0) is 20.4 Å². The van der Waals surface area contributed by atoms with E-state index >= 15 is 0 Å². The van der Waals surface area contributed by atoms with Gasteiger partial charge < -0.3 is 5.32 Å². The van der Waals surface area contributed by atoms with Gasteiger partial charge in [-0.25, -0.2) is 18.1 Å². The number of carbonyl (C=O) groups is 2. The van der Waals surface area contributed by atoms with Gasteiger partial charge >= 0.3 is 6.03 Å². The molecule has 2 aromatic carbocycles. The van der Waals surface area contributed by atoms with Gasteiger partial charge in [0.1, 0.15) is 5.54 Å². The van der Waals surface area contributed by atoms with Crippen molar-refractivity contribution in [2.24, 2.45) is 0 Å². The summed E-state index contributed by atoms with van der Waals surface area (Å²) in [6.07, 6.45) is 0.616. The molecule has 4 rings (SSSR count). The van der Waals surface area contributed by atoms with Crippen molar-refractivity contribution in [3.8, 4) is 0 Å². The molecule has 3 amide bonds. The lowest BCUT2D eigenvalue weighted by Gasteiger charge is -2.26. The highest BCUT2D eigenvalue weighted by molar-refractivity contribution is 7.89. The number of hydrogen-bond acceptors (Lipinski definition) is 5. The number of imide groups is 1. The highest BCUT2D eigenvalue weighted by Crippen LogP contribution is 2.29. The maximum atomic E-state index is 13.1. The van der Waals surface area contributed by atoms with Crippen molar-refractivity contribution in [1.29, 1.82) is 0 Å². The van der Waals surface area contributed by atoms with Crippen molar-refractivity contribution in [2.45, 2.75) is 30.7 Å². The van der Waals surface area contributed by atoms with Gasteiger partial charge in [-0.1, -0.05) is 48.0 Å². The molecule has 0 radical (unpaired) electrons. The first-order chi connectivity index (χ1) is 15.2. The minimum absolute atomic E-state index is 0.130. The van der Waals surface area contributed by atoms with Gasteiger partial charge in [0.2, 0.25) is 10.0 Å². The smallest absolute Gasteiger partial charge is 0.319 e. The Morgan fingerprint density at radius 1 is 0.938 bits per heavy atom. The van der Waals surface area contributed by atoms with E-state index in [4.69, 9.17) is 0 Å². The monoisotopic (exact) mass is 456 g/mol. The van der Waals surface area contributed by atoms with E-state index < -0.39 is 21.6 Å². The Hall–Kier alpha value is -2.75. The molecule has 0 aromatic heterocycles. The molecule has 0 saturated carbocycles. The molecule has 32 heavy (non-hydrogen) atoms. The number of amides is 3. The first-order valence-electron chi connectivity index (χ1n) is 10.7. The van der Waals surface area contributed by atoms with E-state index in [2.05, 4.69) is 5.32 Å². The Balaban J connectivity index is 1.44. The van der Waals surface area contributed by atoms with E-state index in [1.54, 1.807) is 31.2 Å². The summed E-state index contributed by atoms with van der Waals surface area (Å²) in [5.74, 6) is -0.304. The summed E-state index contributed by atoms with van der Waals surface area (Å²) in [7, 11) is -3.58. The molecule has 8 nitrogen and oxygen atoms in total. The molecule has 0 bridgehead atoms. The second-order valence-corrected chi connectivity index (χ2v) is 10.4. The molecule has 170 valence electrons. The van der Waals surface area contributed by atoms with E-state index in [0.717, 1.165) is 11.1 Å². The fraction of sp³-hybridized carbons (Fsp3) is 0.391. The molecule has 2 aliphatic heterocycles. The van der Waals surface area contributed by atoms with Crippen LogP contribution in [-0.4, -0.2) is 67.3 Å². The first kappa shape index (κ1) is 22.4. The van der Waals surface area contributed by atoms with Crippen molar-refractivity contribution in [1.82, 2.24) is 19.4 Å². The molecule has 2 aliphatic rings. The fourth-order valence-electron chi connectivity index (χ4n) is 4.18. The molecule has 1 N–H and O–H groups in total. The molecule has 1 atom stereocenters. The summed E-state index contributed by atoms with van der Waals surface area (Å²) in [6, 6.07) is 15.6. The van der Waals surface area contributed by atoms with Crippen LogP contribution in [0, 0.1) is 6.92 Å². The van der Waals surface area contributed by atoms with Crippen LogP contribution in [0.2, 0.25) is 0 Å². The van der Waals surface area contributed by atoms with Gasteiger partial charge in [-0.3, -0.25) is 9.69 Å². The van der Waals surface area contributed by atoms with E-state index in [9.17, 15) is 18.0 Å². The van der Waals surface area contributed by atoms with E-state index in [1.165, 1.54) is 9.21 Å². The molecular formula is C23H28N4O4S. The zero-order chi connectivity index (χ0) is 22.9. The Morgan fingerprint density at radius 2 is 1.62 bits per heavy atom. The number of rotatable bonds is 5. The van der Waals surface area contributed by atoms with Gasteiger partial charge in [0.05, 0.1) is 11.6 Å². The minimum atomic E-state index is -3.58. The predicted molar refractivity (Wildman–Crippen MR) is 120 cm³/mol. The number of hydrogen-bond donors (Lipinski definition) is 1. The molecule has 2 saturated heterocycles. The van der Waals surface area contributed by atoms with Crippen LogP contribution in [0.4, 0.5) is 4.79 Å². The normalized spacial score (nSPS) is 23.2. The van der Waals surface area contributed by atoms with Gasteiger partial charge in [-0.05, 0) is 38.0 Å². The van der Waals surface area contributed by atoms with Crippen LogP contribution in [0.5, 0.6) is 0 Å². The van der Waals surface area contributed by atoms with Crippen LogP contribution in [0.25, 0.3) is 0 Å². The minimum Gasteiger partial charge on any atom is -0.319 e. The Kier molecular flexibility index (Phi) is 6.07. The Labute approximate surface area is 188 Å². The van der Waals surface area contributed by atoms with Gasteiger partial charge in [-0.2, -0.15) is 4.31 Å². The Bertz CT molecular complexity index is 1100. The molecule has 2 heterocycles. The molecule has 2 aromatic rings. The maximum absolute atomic E-state index is 13.1. The van der Waals surface area contributed by atoms with Crippen LogP contribution in [0.15, 0.2) is 59.5 Å². The van der Waals surface area contributed by atoms with Crippen molar-refractivity contribution in [3.63, 3.8) is 0 Å². The number of benzene rings is 2. The zero-order valence-electron chi connectivity index (χ0n) is 18.3. The molecule has 0 aliphatic carbocycles. The zero-order valence-corrected chi connectivity index (χ0v) is 19.1. The van der Waals surface area contributed by atoms with Crippen molar-refractivity contribution in [3.05, 3.63) is 65.7 Å². The SMILES string of the molecule is Cc1ccc(S(=O)(=O)N2CCCN(CN3C(=O)N[C@@](C)(c4ccccc4)C3=O)CC2)cc1. The van der Waals surface area contributed by atoms with E-state index in [-0.39, 0.29) is 17.5 Å². The first-order valence-corrected chi connectivity index (χ1v) is 12.1. The fourth-order valence-corrected chi connectivity index (χ4v) is 5.65. The third kappa shape index (κ3) is 4.15. The van der Waals surface area contributed by atoms with Gasteiger partial charge in [-0.15, -0.1) is 0 Å². The predicted octanol–water partition coefficient (Wildman–Crippen LogP) is 2.12. The van der Waals surface area contributed by atoms with Gasteiger partial charge in [0, 0.05) is 26.2 Å². The molecule has 0 spiro atoms. The number of urea groups is 1. The second-order valence-electron chi connectivity index (χ2n) is 8.48. The highest BCUT2D eigenvalue weighted by atomic mass is 32.2. The molecule has 9 heteroatoms. The summed E-state index contributed by atoms with van der Waals surface area (Å²) in [5, 5.41) is 2.82. The van der Waals surface area contributed by atoms with Crippen molar-refractivity contribution < 1.29 is 18.0 Å². The summed E-state index contributed by atoms with van der Waals surface area (Å²) in [6.45, 7) is 5.48. The average molecular weight is 457 g/mol. The van der Waals surface area contributed by atoms with Crippen molar-refractivity contribution in [2.75, 3.05) is 32.8 Å². The maximum Gasteiger partial charge on any atom is 0.326 e. The number of aryl methyl sites for hydroxylation is 1. The van der Waals surface area contributed by atoms with Crippen molar-refractivity contribution >= 4 is 22.0 Å². The van der Waals surface area contributed by atoms with E-state index in [0.29, 0.717) is 32.6 Å². The average Bonchev–Trinajstić information content (AvgIpc) is 2.94. The van der Waals surface area contributed by atoms with Crippen LogP contribution in [0.3, 0.4) is 0 Å². The topological polar surface area (TPSA) is 90.0 Å².